The normalized spacial score (nSPS) is 16.6. The topological polar surface area (TPSA) is 63.4 Å². The monoisotopic (exact) mass is 212 g/mol. The van der Waals surface area contributed by atoms with E-state index < -0.39 is 10.2 Å². The second-order valence-corrected chi connectivity index (χ2v) is 4.83. The van der Waals surface area contributed by atoms with Crippen LogP contribution in [0.3, 0.4) is 0 Å². The summed E-state index contributed by atoms with van der Waals surface area (Å²) in [6.07, 6.45) is 1.79. The molecule has 0 unspecified atom stereocenters. The van der Waals surface area contributed by atoms with Gasteiger partial charge in [0.2, 0.25) is 0 Å². The van der Waals surface area contributed by atoms with Crippen LogP contribution in [0.4, 0.5) is 5.69 Å². The Kier molecular flexibility index (Phi) is 2.20. The van der Waals surface area contributed by atoms with E-state index in [0.29, 0.717) is 5.69 Å². The van der Waals surface area contributed by atoms with Gasteiger partial charge in [0.15, 0.2) is 0 Å². The van der Waals surface area contributed by atoms with Crippen LogP contribution in [0.25, 0.3) is 0 Å². The fraction of sp³-hybridized carbons (Fsp3) is 0.333. The van der Waals surface area contributed by atoms with Gasteiger partial charge in [-0.3, -0.25) is 4.31 Å². The van der Waals surface area contributed by atoms with Crippen LogP contribution >= 0.6 is 0 Å². The highest BCUT2D eigenvalue weighted by atomic mass is 32.2. The number of nitrogens with zero attached hydrogens (tertiary/aromatic N) is 1. The highest BCUT2D eigenvalue weighted by molar-refractivity contribution is 7.90. The second-order valence-electron chi connectivity index (χ2n) is 3.41. The second kappa shape index (κ2) is 3.25. The first-order valence-corrected chi connectivity index (χ1v) is 5.96. The van der Waals surface area contributed by atoms with Gasteiger partial charge < -0.3 is 0 Å². The van der Waals surface area contributed by atoms with E-state index in [2.05, 4.69) is 0 Å². The zero-order valence-corrected chi connectivity index (χ0v) is 8.44. The maximum atomic E-state index is 11.3. The van der Waals surface area contributed by atoms with Crippen molar-refractivity contribution in [3.8, 4) is 0 Å². The third kappa shape index (κ3) is 1.88. The molecule has 76 valence electrons. The minimum absolute atomic E-state index is 0.0624. The summed E-state index contributed by atoms with van der Waals surface area (Å²) in [7, 11) is -3.62. The predicted octanol–water partition coefficient (Wildman–Crippen LogP) is 0.859. The molecule has 1 saturated carbocycles. The summed E-state index contributed by atoms with van der Waals surface area (Å²) in [5.41, 5.74) is 0.650. The SMILES string of the molecule is NS(=O)(=O)N(c1ccccc1)C1CC1. The summed E-state index contributed by atoms with van der Waals surface area (Å²) in [5.74, 6) is 0. The van der Waals surface area contributed by atoms with Crippen LogP contribution in [-0.2, 0) is 10.2 Å². The van der Waals surface area contributed by atoms with Gasteiger partial charge in [-0.05, 0) is 25.0 Å². The molecule has 1 fully saturated rings. The van der Waals surface area contributed by atoms with E-state index in [-0.39, 0.29) is 6.04 Å². The van der Waals surface area contributed by atoms with Crippen LogP contribution in [-0.4, -0.2) is 14.5 Å². The molecule has 2 N–H and O–H groups in total. The molecule has 1 aromatic carbocycles. The molecule has 1 aliphatic rings. The summed E-state index contributed by atoms with van der Waals surface area (Å²) in [5, 5.41) is 5.15. The van der Waals surface area contributed by atoms with Gasteiger partial charge in [-0.2, -0.15) is 8.42 Å². The van der Waals surface area contributed by atoms with Gasteiger partial charge in [0.05, 0.1) is 5.69 Å². The van der Waals surface area contributed by atoms with Crippen molar-refractivity contribution in [2.24, 2.45) is 5.14 Å². The van der Waals surface area contributed by atoms with Crippen LogP contribution in [0.15, 0.2) is 30.3 Å². The van der Waals surface area contributed by atoms with Crippen LogP contribution < -0.4 is 9.44 Å². The van der Waals surface area contributed by atoms with E-state index in [0.717, 1.165) is 12.8 Å². The number of nitrogens with two attached hydrogens (primary N) is 1. The third-order valence-electron chi connectivity index (χ3n) is 2.16. The average Bonchev–Trinajstić information content (AvgIpc) is 2.88. The van der Waals surface area contributed by atoms with E-state index in [1.54, 1.807) is 24.3 Å². The Balaban J connectivity index is 2.37. The van der Waals surface area contributed by atoms with E-state index in [1.807, 2.05) is 6.07 Å². The van der Waals surface area contributed by atoms with Crippen molar-refractivity contribution in [1.29, 1.82) is 0 Å². The molecule has 0 radical (unpaired) electrons. The molecule has 0 heterocycles. The van der Waals surface area contributed by atoms with Gasteiger partial charge >= 0.3 is 0 Å². The molecule has 0 aromatic heterocycles. The maximum absolute atomic E-state index is 11.3. The van der Waals surface area contributed by atoms with Crippen molar-refractivity contribution in [1.82, 2.24) is 0 Å². The molecule has 1 aliphatic carbocycles. The number of para-hydroxylation sites is 1. The lowest BCUT2D eigenvalue weighted by Crippen LogP contribution is -2.38. The lowest BCUT2D eigenvalue weighted by atomic mass is 10.3. The molecule has 0 aliphatic heterocycles. The van der Waals surface area contributed by atoms with Gasteiger partial charge in [0.25, 0.3) is 10.2 Å². The summed E-state index contributed by atoms with van der Waals surface area (Å²) < 4.78 is 23.9. The maximum Gasteiger partial charge on any atom is 0.299 e. The van der Waals surface area contributed by atoms with E-state index in [1.165, 1.54) is 4.31 Å². The molecular formula is C9H12N2O2S. The largest absolute Gasteiger partial charge is 0.299 e. The number of hydrogen-bond donors (Lipinski definition) is 1. The van der Waals surface area contributed by atoms with Crippen molar-refractivity contribution in [3.05, 3.63) is 30.3 Å². The Morgan fingerprint density at radius 1 is 1.21 bits per heavy atom. The molecule has 0 saturated heterocycles. The molecular weight excluding hydrogens is 200 g/mol. The molecule has 2 rings (SSSR count). The van der Waals surface area contributed by atoms with Crippen molar-refractivity contribution in [3.63, 3.8) is 0 Å². The summed E-state index contributed by atoms with van der Waals surface area (Å²) in [6.45, 7) is 0. The molecule has 0 spiro atoms. The zero-order valence-electron chi connectivity index (χ0n) is 7.63. The molecule has 0 amide bonds. The van der Waals surface area contributed by atoms with Crippen LogP contribution in [0.5, 0.6) is 0 Å². The van der Waals surface area contributed by atoms with E-state index in [9.17, 15) is 8.42 Å². The Morgan fingerprint density at radius 3 is 2.21 bits per heavy atom. The number of hydrogen-bond acceptors (Lipinski definition) is 2. The van der Waals surface area contributed by atoms with E-state index in [4.69, 9.17) is 5.14 Å². The molecule has 1 aromatic rings. The van der Waals surface area contributed by atoms with Gasteiger partial charge in [-0.1, -0.05) is 18.2 Å². The smallest absolute Gasteiger partial charge is 0.255 e. The fourth-order valence-electron chi connectivity index (χ4n) is 1.45. The van der Waals surface area contributed by atoms with Crippen LogP contribution in [0.2, 0.25) is 0 Å². The molecule has 4 nitrogen and oxygen atoms in total. The molecule has 0 atom stereocenters. The van der Waals surface area contributed by atoms with Gasteiger partial charge in [-0.25, -0.2) is 5.14 Å². The Morgan fingerprint density at radius 2 is 1.79 bits per heavy atom. The number of anilines is 1. The first-order chi connectivity index (χ1) is 6.59. The summed E-state index contributed by atoms with van der Waals surface area (Å²) in [4.78, 5) is 0. The minimum Gasteiger partial charge on any atom is -0.255 e. The fourth-order valence-corrected chi connectivity index (χ4v) is 2.49. The molecule has 0 bridgehead atoms. The lowest BCUT2D eigenvalue weighted by Gasteiger charge is -2.20. The quantitative estimate of drug-likeness (QED) is 0.807. The first-order valence-electron chi connectivity index (χ1n) is 4.46. The van der Waals surface area contributed by atoms with Gasteiger partial charge in [-0.15, -0.1) is 0 Å². The Hall–Kier alpha value is -1.07. The van der Waals surface area contributed by atoms with Crippen molar-refractivity contribution >= 4 is 15.9 Å². The van der Waals surface area contributed by atoms with Gasteiger partial charge in [0, 0.05) is 6.04 Å². The molecule has 5 heteroatoms. The highest BCUT2D eigenvalue weighted by Gasteiger charge is 2.35. The Bertz CT molecular complexity index is 412. The van der Waals surface area contributed by atoms with Crippen LogP contribution in [0.1, 0.15) is 12.8 Å². The predicted molar refractivity (Wildman–Crippen MR) is 55.1 cm³/mol. The van der Waals surface area contributed by atoms with Crippen molar-refractivity contribution < 1.29 is 8.42 Å². The minimum atomic E-state index is -3.62. The average molecular weight is 212 g/mol. The third-order valence-corrected chi connectivity index (χ3v) is 3.22. The summed E-state index contributed by atoms with van der Waals surface area (Å²) >= 11 is 0. The first kappa shape index (κ1) is 9.48. The van der Waals surface area contributed by atoms with Crippen molar-refractivity contribution in [2.75, 3.05) is 4.31 Å². The highest BCUT2D eigenvalue weighted by Crippen LogP contribution is 2.32. The zero-order chi connectivity index (χ0) is 10.2. The van der Waals surface area contributed by atoms with E-state index >= 15 is 0 Å². The number of rotatable bonds is 3. The summed E-state index contributed by atoms with van der Waals surface area (Å²) in [6, 6.07) is 9.02. The Labute approximate surface area is 83.5 Å². The van der Waals surface area contributed by atoms with Gasteiger partial charge in [0.1, 0.15) is 0 Å². The molecule has 14 heavy (non-hydrogen) atoms. The standard InChI is InChI=1S/C9H12N2O2S/c10-14(12,13)11(9-6-7-9)8-4-2-1-3-5-8/h1-5,9H,6-7H2,(H2,10,12,13). The number of benzene rings is 1. The lowest BCUT2D eigenvalue weighted by molar-refractivity contribution is 0.592. The van der Waals surface area contributed by atoms with Crippen LogP contribution in [0, 0.1) is 0 Å². The van der Waals surface area contributed by atoms with Crippen molar-refractivity contribution in [2.45, 2.75) is 18.9 Å².